The first kappa shape index (κ1) is 15.5. The Bertz CT molecular complexity index is 368. The van der Waals surface area contributed by atoms with Crippen LogP contribution in [0.1, 0.15) is 43.4 Å². The molecule has 0 aliphatic heterocycles. The topological polar surface area (TPSA) is 23.5 Å². The molecule has 0 radical (unpaired) electrons. The third-order valence-electron chi connectivity index (χ3n) is 3.24. The molecule has 2 nitrogen and oxygen atoms in total. The molecule has 0 spiro atoms. The highest BCUT2D eigenvalue weighted by atomic mass is 35.5. The second kappa shape index (κ2) is 7.78. The first-order valence-corrected chi connectivity index (χ1v) is 7.05. The average Bonchev–Trinajstić information content (AvgIpc) is 2.36. The Labute approximate surface area is 116 Å². The summed E-state index contributed by atoms with van der Waals surface area (Å²) in [5.74, 6) is 0. The van der Waals surface area contributed by atoms with Gasteiger partial charge in [0.05, 0.1) is 6.10 Å². The van der Waals surface area contributed by atoms with Crippen LogP contribution in [0.25, 0.3) is 0 Å². The van der Waals surface area contributed by atoms with Crippen LogP contribution in [0.15, 0.2) is 18.2 Å². The predicted octanol–water partition coefficient (Wildman–Crippen LogP) is 3.80. The number of aliphatic hydroxyl groups excluding tert-OH is 1. The van der Waals surface area contributed by atoms with E-state index in [0.717, 1.165) is 35.7 Å². The molecule has 0 amide bonds. The molecule has 1 unspecified atom stereocenters. The summed E-state index contributed by atoms with van der Waals surface area (Å²) < 4.78 is 0. The third kappa shape index (κ3) is 4.97. The lowest BCUT2D eigenvalue weighted by Gasteiger charge is -2.19. The SMILES string of the molecule is CCCCN(C)CCC(O)c1ccc(Cl)c(C)c1. The van der Waals surface area contributed by atoms with Crippen molar-refractivity contribution in [2.75, 3.05) is 20.1 Å². The number of rotatable bonds is 7. The molecule has 102 valence electrons. The minimum atomic E-state index is -0.398. The summed E-state index contributed by atoms with van der Waals surface area (Å²) >= 11 is 5.98. The molecule has 0 aromatic heterocycles. The highest BCUT2D eigenvalue weighted by molar-refractivity contribution is 6.31. The van der Waals surface area contributed by atoms with Crippen molar-refractivity contribution in [1.29, 1.82) is 0 Å². The fourth-order valence-corrected chi connectivity index (χ4v) is 2.04. The zero-order valence-electron chi connectivity index (χ0n) is 11.6. The second-order valence-electron chi connectivity index (χ2n) is 4.97. The number of unbranched alkanes of at least 4 members (excludes halogenated alkanes) is 1. The molecule has 0 saturated heterocycles. The molecule has 0 bridgehead atoms. The van der Waals surface area contributed by atoms with E-state index in [0.29, 0.717) is 0 Å². The number of hydrogen-bond acceptors (Lipinski definition) is 2. The summed E-state index contributed by atoms with van der Waals surface area (Å²) in [6.45, 7) is 6.18. The number of hydrogen-bond donors (Lipinski definition) is 1. The smallest absolute Gasteiger partial charge is 0.0802 e. The van der Waals surface area contributed by atoms with Crippen LogP contribution in [-0.2, 0) is 0 Å². The minimum absolute atomic E-state index is 0.398. The number of aliphatic hydroxyl groups is 1. The van der Waals surface area contributed by atoms with Gasteiger partial charge in [-0.1, -0.05) is 37.1 Å². The van der Waals surface area contributed by atoms with Gasteiger partial charge >= 0.3 is 0 Å². The van der Waals surface area contributed by atoms with Crippen molar-refractivity contribution < 1.29 is 5.11 Å². The van der Waals surface area contributed by atoms with E-state index in [4.69, 9.17) is 11.6 Å². The lowest BCUT2D eigenvalue weighted by molar-refractivity contribution is 0.148. The molecular weight excluding hydrogens is 246 g/mol. The van der Waals surface area contributed by atoms with Gasteiger partial charge in [-0.15, -0.1) is 0 Å². The van der Waals surface area contributed by atoms with E-state index in [1.165, 1.54) is 12.8 Å². The summed E-state index contributed by atoms with van der Waals surface area (Å²) in [7, 11) is 2.11. The largest absolute Gasteiger partial charge is 0.388 e. The standard InChI is InChI=1S/C15H24ClNO/c1-4-5-9-17(3)10-8-15(18)13-6-7-14(16)12(2)11-13/h6-7,11,15,18H,4-5,8-10H2,1-3H3. The van der Waals surface area contributed by atoms with Gasteiger partial charge in [0.2, 0.25) is 0 Å². The Kier molecular flexibility index (Phi) is 6.69. The Morgan fingerprint density at radius 2 is 2.06 bits per heavy atom. The summed E-state index contributed by atoms with van der Waals surface area (Å²) in [6, 6.07) is 5.74. The fraction of sp³-hybridized carbons (Fsp3) is 0.600. The molecule has 1 aromatic carbocycles. The van der Waals surface area contributed by atoms with Crippen LogP contribution in [-0.4, -0.2) is 30.1 Å². The molecule has 1 aromatic rings. The molecule has 3 heteroatoms. The van der Waals surface area contributed by atoms with Gasteiger partial charge in [0, 0.05) is 11.6 Å². The van der Waals surface area contributed by atoms with Gasteiger partial charge in [-0.25, -0.2) is 0 Å². The van der Waals surface area contributed by atoms with E-state index >= 15 is 0 Å². The number of aryl methyl sites for hydroxylation is 1. The number of halogens is 1. The van der Waals surface area contributed by atoms with Crippen LogP contribution in [0.3, 0.4) is 0 Å². The maximum Gasteiger partial charge on any atom is 0.0802 e. The Hall–Kier alpha value is -0.570. The number of benzene rings is 1. The monoisotopic (exact) mass is 269 g/mol. The van der Waals surface area contributed by atoms with Crippen molar-refractivity contribution >= 4 is 11.6 Å². The first-order valence-electron chi connectivity index (χ1n) is 6.67. The van der Waals surface area contributed by atoms with E-state index in [1.54, 1.807) is 0 Å². The van der Waals surface area contributed by atoms with Gasteiger partial charge in [-0.2, -0.15) is 0 Å². The Balaban J connectivity index is 2.44. The fourth-order valence-electron chi connectivity index (χ4n) is 1.92. The van der Waals surface area contributed by atoms with E-state index < -0.39 is 6.10 Å². The average molecular weight is 270 g/mol. The van der Waals surface area contributed by atoms with E-state index in [2.05, 4.69) is 18.9 Å². The van der Waals surface area contributed by atoms with Crippen molar-refractivity contribution in [1.82, 2.24) is 4.90 Å². The second-order valence-corrected chi connectivity index (χ2v) is 5.38. The minimum Gasteiger partial charge on any atom is -0.388 e. The summed E-state index contributed by atoms with van der Waals surface area (Å²) in [6.07, 6.45) is 2.79. The highest BCUT2D eigenvalue weighted by Gasteiger charge is 2.10. The first-order chi connectivity index (χ1) is 8.54. The van der Waals surface area contributed by atoms with Gasteiger partial charge in [-0.3, -0.25) is 0 Å². The van der Waals surface area contributed by atoms with E-state index in [1.807, 2.05) is 25.1 Å². The lowest BCUT2D eigenvalue weighted by atomic mass is 10.0. The Morgan fingerprint density at radius 1 is 1.33 bits per heavy atom. The molecule has 0 heterocycles. The molecule has 1 N–H and O–H groups in total. The van der Waals surface area contributed by atoms with Crippen molar-refractivity contribution in [3.8, 4) is 0 Å². The number of nitrogens with zero attached hydrogens (tertiary/aromatic N) is 1. The Morgan fingerprint density at radius 3 is 2.67 bits per heavy atom. The molecule has 0 fully saturated rings. The molecule has 0 aliphatic rings. The van der Waals surface area contributed by atoms with Crippen LogP contribution in [0.4, 0.5) is 0 Å². The normalized spacial score (nSPS) is 13.0. The molecule has 0 saturated carbocycles. The van der Waals surface area contributed by atoms with Crippen molar-refractivity contribution in [3.05, 3.63) is 34.3 Å². The van der Waals surface area contributed by atoms with Crippen molar-refractivity contribution in [3.63, 3.8) is 0 Å². The van der Waals surface area contributed by atoms with E-state index in [9.17, 15) is 5.11 Å². The third-order valence-corrected chi connectivity index (χ3v) is 3.67. The van der Waals surface area contributed by atoms with Gasteiger partial charge in [-0.05, 0) is 50.6 Å². The highest BCUT2D eigenvalue weighted by Crippen LogP contribution is 2.22. The summed E-state index contributed by atoms with van der Waals surface area (Å²) in [4.78, 5) is 2.27. The quantitative estimate of drug-likeness (QED) is 0.814. The van der Waals surface area contributed by atoms with Gasteiger partial charge in [0.1, 0.15) is 0 Å². The lowest BCUT2D eigenvalue weighted by Crippen LogP contribution is -2.22. The summed E-state index contributed by atoms with van der Waals surface area (Å²) in [5.41, 5.74) is 1.98. The zero-order valence-corrected chi connectivity index (χ0v) is 12.4. The predicted molar refractivity (Wildman–Crippen MR) is 78.2 cm³/mol. The van der Waals surface area contributed by atoms with Crippen LogP contribution in [0.2, 0.25) is 5.02 Å². The summed E-state index contributed by atoms with van der Waals surface area (Å²) in [5, 5.41) is 10.9. The molecule has 1 rings (SSSR count). The molecular formula is C15H24ClNO. The van der Waals surface area contributed by atoms with Crippen molar-refractivity contribution in [2.45, 2.75) is 39.2 Å². The van der Waals surface area contributed by atoms with E-state index in [-0.39, 0.29) is 0 Å². The van der Waals surface area contributed by atoms with Crippen LogP contribution >= 0.6 is 11.6 Å². The zero-order chi connectivity index (χ0) is 13.5. The maximum absolute atomic E-state index is 10.1. The van der Waals surface area contributed by atoms with Crippen molar-refractivity contribution in [2.24, 2.45) is 0 Å². The van der Waals surface area contributed by atoms with Crippen LogP contribution in [0, 0.1) is 6.92 Å². The van der Waals surface area contributed by atoms with Gasteiger partial charge < -0.3 is 10.0 Å². The molecule has 0 aliphatic carbocycles. The van der Waals surface area contributed by atoms with Crippen LogP contribution in [0.5, 0.6) is 0 Å². The van der Waals surface area contributed by atoms with Crippen LogP contribution < -0.4 is 0 Å². The maximum atomic E-state index is 10.1. The van der Waals surface area contributed by atoms with Gasteiger partial charge in [0.15, 0.2) is 0 Å². The molecule has 1 atom stereocenters. The molecule has 18 heavy (non-hydrogen) atoms. The van der Waals surface area contributed by atoms with Gasteiger partial charge in [0.25, 0.3) is 0 Å².